The van der Waals surface area contributed by atoms with Crippen LogP contribution in [0.25, 0.3) is 0 Å². The van der Waals surface area contributed by atoms with E-state index in [4.69, 9.17) is 0 Å². The quantitative estimate of drug-likeness (QED) is 0.860. The van der Waals surface area contributed by atoms with Crippen LogP contribution in [-0.4, -0.2) is 39.1 Å². The molecule has 4 nitrogen and oxygen atoms in total. The van der Waals surface area contributed by atoms with Crippen molar-refractivity contribution in [3.05, 3.63) is 28.2 Å². The van der Waals surface area contributed by atoms with Gasteiger partial charge in [0.1, 0.15) is 0 Å². The average Bonchev–Trinajstić information content (AvgIpc) is 2.76. The van der Waals surface area contributed by atoms with Crippen LogP contribution in [0.4, 0.5) is 5.69 Å². The molecule has 1 aromatic carbocycles. The van der Waals surface area contributed by atoms with Gasteiger partial charge in [-0.2, -0.15) is 0 Å². The van der Waals surface area contributed by atoms with Gasteiger partial charge in [0.15, 0.2) is 9.84 Å². The Kier molecular flexibility index (Phi) is 5.33. The van der Waals surface area contributed by atoms with Crippen LogP contribution in [0.5, 0.6) is 0 Å². The molecule has 1 aliphatic rings. The van der Waals surface area contributed by atoms with Gasteiger partial charge >= 0.3 is 0 Å². The Balaban J connectivity index is 2.09. The second-order valence-corrected chi connectivity index (χ2v) is 9.06. The zero-order valence-corrected chi connectivity index (χ0v) is 15.2. The minimum Gasteiger partial charge on any atom is -0.371 e. The lowest BCUT2D eigenvalue weighted by atomic mass is 10.1. The van der Waals surface area contributed by atoms with Crippen molar-refractivity contribution >= 4 is 31.5 Å². The number of sulfone groups is 1. The van der Waals surface area contributed by atoms with E-state index in [0.717, 1.165) is 16.7 Å². The fourth-order valence-electron chi connectivity index (χ4n) is 2.50. The summed E-state index contributed by atoms with van der Waals surface area (Å²) in [6.45, 7) is 5.06. The van der Waals surface area contributed by atoms with Crippen molar-refractivity contribution < 1.29 is 8.42 Å². The molecule has 1 unspecified atom stereocenters. The summed E-state index contributed by atoms with van der Waals surface area (Å²) in [6, 6.07) is 6.76. The summed E-state index contributed by atoms with van der Waals surface area (Å²) in [5, 5.41) is 3.39. The van der Waals surface area contributed by atoms with Crippen molar-refractivity contribution in [2.24, 2.45) is 0 Å². The molecule has 6 heteroatoms. The van der Waals surface area contributed by atoms with Crippen molar-refractivity contribution in [2.45, 2.75) is 38.9 Å². The van der Waals surface area contributed by atoms with Gasteiger partial charge in [-0.3, -0.25) is 0 Å². The molecular formula is C15H23BrN2O2S. The molecular weight excluding hydrogens is 352 g/mol. The third-order valence-corrected chi connectivity index (χ3v) is 6.39. The van der Waals surface area contributed by atoms with Gasteiger partial charge in [-0.05, 0) is 24.1 Å². The number of hydrogen-bond acceptors (Lipinski definition) is 4. The van der Waals surface area contributed by atoms with Crippen LogP contribution in [0.3, 0.4) is 0 Å². The molecule has 1 aliphatic heterocycles. The second-order valence-electron chi connectivity index (χ2n) is 5.98. The van der Waals surface area contributed by atoms with E-state index in [1.54, 1.807) is 0 Å². The Morgan fingerprint density at radius 3 is 2.67 bits per heavy atom. The number of nitrogens with zero attached hydrogens (tertiary/aromatic N) is 1. The standard InChI is InChI=1S/C15H23BrN2O2S/c1-11(2)17-9-12-4-5-13(8-15(12)16)18(3)14-6-7-21(19,20)10-14/h4-5,8,11,14,17H,6-7,9-10H2,1-3H3. The third-order valence-electron chi connectivity index (χ3n) is 3.90. The summed E-state index contributed by atoms with van der Waals surface area (Å²) >= 11 is 3.61. The van der Waals surface area contributed by atoms with Crippen molar-refractivity contribution in [1.29, 1.82) is 0 Å². The summed E-state index contributed by atoms with van der Waals surface area (Å²) in [6.07, 6.45) is 0.715. The molecule has 0 saturated carbocycles. The molecule has 118 valence electrons. The van der Waals surface area contributed by atoms with Crippen molar-refractivity contribution in [3.8, 4) is 0 Å². The van der Waals surface area contributed by atoms with E-state index < -0.39 is 9.84 Å². The maximum atomic E-state index is 11.6. The molecule has 1 N–H and O–H groups in total. The topological polar surface area (TPSA) is 49.4 Å². The summed E-state index contributed by atoms with van der Waals surface area (Å²) in [5.74, 6) is 0.567. The Labute approximate surface area is 136 Å². The monoisotopic (exact) mass is 374 g/mol. The van der Waals surface area contributed by atoms with Crippen LogP contribution < -0.4 is 10.2 Å². The van der Waals surface area contributed by atoms with Crippen LogP contribution in [0, 0.1) is 0 Å². The highest BCUT2D eigenvalue weighted by atomic mass is 79.9. The lowest BCUT2D eigenvalue weighted by Gasteiger charge is -2.26. The van der Waals surface area contributed by atoms with E-state index in [1.807, 2.05) is 7.05 Å². The number of benzene rings is 1. The summed E-state index contributed by atoms with van der Waals surface area (Å²) in [7, 11) is -0.877. The van der Waals surface area contributed by atoms with Crippen molar-refractivity contribution in [3.63, 3.8) is 0 Å². The Morgan fingerprint density at radius 2 is 2.14 bits per heavy atom. The summed E-state index contributed by atoms with van der Waals surface area (Å²) in [4.78, 5) is 2.08. The molecule has 0 aliphatic carbocycles. The van der Waals surface area contributed by atoms with Gasteiger partial charge < -0.3 is 10.2 Å². The van der Waals surface area contributed by atoms with Gasteiger partial charge in [0, 0.05) is 35.8 Å². The fourth-order valence-corrected chi connectivity index (χ4v) is 4.79. The van der Waals surface area contributed by atoms with Crippen LogP contribution >= 0.6 is 15.9 Å². The number of hydrogen-bond donors (Lipinski definition) is 1. The van der Waals surface area contributed by atoms with Gasteiger partial charge in [-0.1, -0.05) is 35.8 Å². The Hall–Kier alpha value is -0.590. The van der Waals surface area contributed by atoms with E-state index in [-0.39, 0.29) is 11.8 Å². The maximum absolute atomic E-state index is 11.6. The van der Waals surface area contributed by atoms with Crippen molar-refractivity contribution in [1.82, 2.24) is 5.32 Å². The van der Waals surface area contributed by atoms with E-state index in [2.05, 4.69) is 58.2 Å². The van der Waals surface area contributed by atoms with Gasteiger partial charge in [-0.15, -0.1) is 0 Å². The van der Waals surface area contributed by atoms with Gasteiger partial charge in [0.2, 0.25) is 0 Å². The highest BCUT2D eigenvalue weighted by Gasteiger charge is 2.30. The first-order valence-electron chi connectivity index (χ1n) is 7.23. The predicted octanol–water partition coefficient (Wildman–Crippen LogP) is 2.57. The molecule has 1 fully saturated rings. The average molecular weight is 375 g/mol. The van der Waals surface area contributed by atoms with Crippen LogP contribution in [0.1, 0.15) is 25.8 Å². The first kappa shape index (κ1) is 16.8. The molecule has 0 radical (unpaired) electrons. The van der Waals surface area contributed by atoms with E-state index in [9.17, 15) is 8.42 Å². The van der Waals surface area contributed by atoms with Crippen LogP contribution in [0.2, 0.25) is 0 Å². The minimum absolute atomic E-state index is 0.0848. The zero-order valence-electron chi connectivity index (χ0n) is 12.8. The minimum atomic E-state index is -2.85. The first-order valence-corrected chi connectivity index (χ1v) is 9.85. The van der Waals surface area contributed by atoms with Crippen molar-refractivity contribution in [2.75, 3.05) is 23.5 Å². The molecule has 0 spiro atoms. The van der Waals surface area contributed by atoms with Crippen LogP contribution in [-0.2, 0) is 16.4 Å². The van der Waals surface area contributed by atoms with E-state index in [0.29, 0.717) is 18.2 Å². The molecule has 1 heterocycles. The SMILES string of the molecule is CC(C)NCc1ccc(N(C)C2CCS(=O)(=O)C2)cc1Br. The normalized spacial score (nSPS) is 20.9. The largest absolute Gasteiger partial charge is 0.371 e. The van der Waals surface area contributed by atoms with Crippen LogP contribution in [0.15, 0.2) is 22.7 Å². The Morgan fingerprint density at radius 1 is 1.43 bits per heavy atom. The highest BCUT2D eigenvalue weighted by Crippen LogP contribution is 2.27. The summed E-state index contributed by atoms with van der Waals surface area (Å²) in [5.41, 5.74) is 2.26. The fraction of sp³-hybridized carbons (Fsp3) is 0.600. The second kappa shape index (κ2) is 6.67. The molecule has 2 rings (SSSR count). The Bertz CT molecular complexity index is 602. The van der Waals surface area contributed by atoms with E-state index in [1.165, 1.54) is 5.56 Å². The maximum Gasteiger partial charge on any atom is 0.152 e. The summed E-state index contributed by atoms with van der Waals surface area (Å²) < 4.78 is 24.3. The number of rotatable bonds is 5. The molecule has 0 amide bonds. The van der Waals surface area contributed by atoms with Gasteiger partial charge in [0.25, 0.3) is 0 Å². The van der Waals surface area contributed by atoms with E-state index >= 15 is 0 Å². The number of nitrogens with one attached hydrogen (secondary N) is 1. The lowest BCUT2D eigenvalue weighted by Crippen LogP contribution is -2.32. The van der Waals surface area contributed by atoms with Gasteiger partial charge in [0.05, 0.1) is 11.5 Å². The smallest absolute Gasteiger partial charge is 0.152 e. The molecule has 0 bridgehead atoms. The number of halogens is 1. The zero-order chi connectivity index (χ0) is 15.6. The molecule has 21 heavy (non-hydrogen) atoms. The molecule has 0 aromatic heterocycles. The molecule has 1 atom stereocenters. The molecule has 1 aromatic rings. The first-order chi connectivity index (χ1) is 9.78. The molecule has 1 saturated heterocycles. The van der Waals surface area contributed by atoms with Gasteiger partial charge in [-0.25, -0.2) is 8.42 Å². The third kappa shape index (κ3) is 4.44. The number of anilines is 1. The highest BCUT2D eigenvalue weighted by molar-refractivity contribution is 9.10. The lowest BCUT2D eigenvalue weighted by molar-refractivity contribution is 0.588. The predicted molar refractivity (Wildman–Crippen MR) is 91.6 cm³/mol.